The van der Waals surface area contributed by atoms with Crippen LogP contribution in [0.3, 0.4) is 0 Å². The van der Waals surface area contributed by atoms with E-state index < -0.39 is 0 Å². The maximum absolute atomic E-state index is 9.37. The van der Waals surface area contributed by atoms with Gasteiger partial charge in [-0.1, -0.05) is 13.8 Å². The predicted octanol–water partition coefficient (Wildman–Crippen LogP) is -0.306. The smallest absolute Gasteiger partial charge is 0.0621 e. The first kappa shape index (κ1) is 8.97. The van der Waals surface area contributed by atoms with Crippen LogP contribution in [0.4, 0.5) is 0 Å². The third-order valence-electron chi connectivity index (χ3n) is 2.75. The van der Waals surface area contributed by atoms with Gasteiger partial charge in [0.15, 0.2) is 0 Å². The average molecular weight is 158 g/mol. The molecule has 66 valence electrons. The number of hydrogen-bond acceptors (Lipinski definition) is 3. The summed E-state index contributed by atoms with van der Waals surface area (Å²) in [6.07, 6.45) is 0.727. The zero-order valence-corrected chi connectivity index (χ0v) is 7.30. The van der Waals surface area contributed by atoms with Gasteiger partial charge in [0.25, 0.3) is 0 Å². The molecule has 1 aliphatic carbocycles. The molecule has 0 spiro atoms. The van der Waals surface area contributed by atoms with Crippen molar-refractivity contribution in [2.24, 2.45) is 11.1 Å². The second kappa shape index (κ2) is 3.09. The molecular weight excluding hydrogens is 140 g/mol. The molecule has 0 heterocycles. The fraction of sp³-hybridized carbons (Fsp3) is 1.00. The Morgan fingerprint density at radius 1 is 1.64 bits per heavy atom. The van der Waals surface area contributed by atoms with Crippen LogP contribution >= 0.6 is 0 Å². The van der Waals surface area contributed by atoms with E-state index in [9.17, 15) is 5.11 Å². The highest BCUT2D eigenvalue weighted by Gasteiger charge is 2.46. The van der Waals surface area contributed by atoms with E-state index in [0.717, 1.165) is 13.0 Å². The van der Waals surface area contributed by atoms with Gasteiger partial charge in [0.1, 0.15) is 0 Å². The van der Waals surface area contributed by atoms with Crippen LogP contribution in [-0.4, -0.2) is 30.3 Å². The third-order valence-corrected chi connectivity index (χ3v) is 2.75. The molecule has 0 amide bonds. The molecule has 11 heavy (non-hydrogen) atoms. The van der Waals surface area contributed by atoms with Crippen molar-refractivity contribution in [3.05, 3.63) is 0 Å². The van der Waals surface area contributed by atoms with E-state index in [0.29, 0.717) is 12.6 Å². The van der Waals surface area contributed by atoms with E-state index in [4.69, 9.17) is 5.73 Å². The number of nitrogens with two attached hydrogens (primary N) is 1. The van der Waals surface area contributed by atoms with Gasteiger partial charge in [-0.15, -0.1) is 0 Å². The van der Waals surface area contributed by atoms with Crippen LogP contribution in [0, 0.1) is 5.41 Å². The van der Waals surface area contributed by atoms with Gasteiger partial charge in [0.05, 0.1) is 6.10 Å². The first-order valence-corrected chi connectivity index (χ1v) is 4.20. The third kappa shape index (κ3) is 1.55. The van der Waals surface area contributed by atoms with E-state index in [1.54, 1.807) is 0 Å². The van der Waals surface area contributed by atoms with E-state index in [2.05, 4.69) is 19.2 Å². The van der Waals surface area contributed by atoms with Gasteiger partial charge in [0, 0.05) is 24.5 Å². The van der Waals surface area contributed by atoms with Crippen molar-refractivity contribution in [1.82, 2.24) is 5.32 Å². The van der Waals surface area contributed by atoms with Gasteiger partial charge < -0.3 is 16.2 Å². The first-order chi connectivity index (χ1) is 5.09. The maximum atomic E-state index is 9.37. The van der Waals surface area contributed by atoms with Crippen LogP contribution < -0.4 is 11.1 Å². The first-order valence-electron chi connectivity index (χ1n) is 4.20. The Kier molecular flexibility index (Phi) is 2.52. The van der Waals surface area contributed by atoms with Crippen LogP contribution in [0.25, 0.3) is 0 Å². The highest BCUT2D eigenvalue weighted by atomic mass is 16.3. The van der Waals surface area contributed by atoms with Crippen molar-refractivity contribution in [1.29, 1.82) is 0 Å². The molecular formula is C8H18N2O. The van der Waals surface area contributed by atoms with Gasteiger partial charge in [-0.3, -0.25) is 0 Å². The Bertz CT molecular complexity index is 136. The predicted molar refractivity (Wildman–Crippen MR) is 45.2 cm³/mol. The van der Waals surface area contributed by atoms with Crippen molar-refractivity contribution in [3.63, 3.8) is 0 Å². The second-order valence-corrected chi connectivity index (χ2v) is 3.87. The monoisotopic (exact) mass is 158 g/mol. The molecule has 0 aromatic rings. The van der Waals surface area contributed by atoms with Crippen molar-refractivity contribution >= 4 is 0 Å². The summed E-state index contributed by atoms with van der Waals surface area (Å²) in [7, 11) is 0. The van der Waals surface area contributed by atoms with Crippen molar-refractivity contribution in [2.75, 3.05) is 13.1 Å². The molecule has 0 bridgehead atoms. The van der Waals surface area contributed by atoms with Crippen molar-refractivity contribution in [2.45, 2.75) is 32.4 Å². The molecule has 0 radical (unpaired) electrons. The van der Waals surface area contributed by atoms with Crippen LogP contribution in [0.2, 0.25) is 0 Å². The zero-order valence-electron chi connectivity index (χ0n) is 7.30. The number of hydrogen-bond donors (Lipinski definition) is 3. The fourth-order valence-corrected chi connectivity index (χ4v) is 1.51. The summed E-state index contributed by atoms with van der Waals surface area (Å²) in [6, 6.07) is 0.445. The Morgan fingerprint density at radius 3 is 2.64 bits per heavy atom. The van der Waals surface area contributed by atoms with Crippen molar-refractivity contribution in [3.8, 4) is 0 Å². The Labute approximate surface area is 68.0 Å². The summed E-state index contributed by atoms with van der Waals surface area (Å²) in [5, 5.41) is 12.7. The lowest BCUT2D eigenvalue weighted by Gasteiger charge is -2.49. The van der Waals surface area contributed by atoms with Gasteiger partial charge in [-0.2, -0.15) is 0 Å². The summed E-state index contributed by atoms with van der Waals surface area (Å²) in [4.78, 5) is 0. The van der Waals surface area contributed by atoms with Crippen LogP contribution in [0.15, 0.2) is 0 Å². The normalized spacial score (nSPS) is 34.9. The minimum atomic E-state index is -0.141. The number of aliphatic hydroxyl groups excluding tert-OH is 1. The van der Waals surface area contributed by atoms with E-state index in [1.165, 1.54) is 0 Å². The Balaban J connectivity index is 2.28. The summed E-state index contributed by atoms with van der Waals surface area (Å²) >= 11 is 0. The maximum Gasteiger partial charge on any atom is 0.0621 e. The summed E-state index contributed by atoms with van der Waals surface area (Å²) in [5.41, 5.74) is 5.39. The molecule has 0 aromatic carbocycles. The summed E-state index contributed by atoms with van der Waals surface area (Å²) < 4.78 is 0. The molecule has 1 saturated carbocycles. The molecule has 3 nitrogen and oxygen atoms in total. The molecule has 1 aliphatic rings. The quantitative estimate of drug-likeness (QED) is 0.528. The molecule has 4 N–H and O–H groups in total. The van der Waals surface area contributed by atoms with Gasteiger partial charge in [0.2, 0.25) is 0 Å². The van der Waals surface area contributed by atoms with Crippen LogP contribution in [0.1, 0.15) is 20.3 Å². The molecule has 3 heteroatoms. The highest BCUT2D eigenvalue weighted by molar-refractivity contribution is 5.01. The summed E-state index contributed by atoms with van der Waals surface area (Å²) in [5.74, 6) is 0. The lowest BCUT2D eigenvalue weighted by atomic mass is 9.64. The molecule has 0 aromatic heterocycles. The van der Waals surface area contributed by atoms with E-state index in [-0.39, 0.29) is 11.5 Å². The second-order valence-electron chi connectivity index (χ2n) is 3.87. The number of aliphatic hydroxyl groups is 1. The molecule has 1 fully saturated rings. The lowest BCUT2D eigenvalue weighted by molar-refractivity contribution is -0.0719. The van der Waals surface area contributed by atoms with Gasteiger partial charge >= 0.3 is 0 Å². The molecule has 0 aliphatic heterocycles. The molecule has 1 rings (SSSR count). The van der Waals surface area contributed by atoms with Crippen LogP contribution in [0.5, 0.6) is 0 Å². The van der Waals surface area contributed by atoms with E-state index >= 15 is 0 Å². The molecule has 0 saturated heterocycles. The number of nitrogens with one attached hydrogen (secondary N) is 1. The Morgan fingerprint density at radius 2 is 2.27 bits per heavy atom. The SMILES string of the molecule is CC1(C)C(O)CC1NCCN. The largest absolute Gasteiger partial charge is 0.392 e. The minimum absolute atomic E-state index is 0.0369. The average Bonchev–Trinajstić information content (AvgIpc) is 1.97. The van der Waals surface area contributed by atoms with Gasteiger partial charge in [-0.05, 0) is 6.42 Å². The standard InChI is InChI=1S/C8H18N2O/c1-8(2)6(5-7(8)11)10-4-3-9/h6-7,10-11H,3-5,9H2,1-2H3. The highest BCUT2D eigenvalue weighted by Crippen LogP contribution is 2.40. The topological polar surface area (TPSA) is 58.3 Å². The summed E-state index contributed by atoms with van der Waals surface area (Å²) in [6.45, 7) is 5.67. The Hall–Kier alpha value is -0.120. The fourth-order valence-electron chi connectivity index (χ4n) is 1.51. The molecule has 2 unspecified atom stereocenters. The van der Waals surface area contributed by atoms with Crippen LogP contribution in [-0.2, 0) is 0 Å². The lowest BCUT2D eigenvalue weighted by Crippen LogP contribution is -2.60. The minimum Gasteiger partial charge on any atom is -0.392 e. The number of rotatable bonds is 3. The molecule has 2 atom stereocenters. The van der Waals surface area contributed by atoms with E-state index in [1.807, 2.05) is 0 Å². The van der Waals surface area contributed by atoms with Gasteiger partial charge in [-0.25, -0.2) is 0 Å². The van der Waals surface area contributed by atoms with Crippen molar-refractivity contribution < 1.29 is 5.11 Å². The zero-order chi connectivity index (χ0) is 8.48.